The van der Waals surface area contributed by atoms with E-state index in [1.807, 2.05) is 12.1 Å². The van der Waals surface area contributed by atoms with Gasteiger partial charge in [0.15, 0.2) is 0 Å². The van der Waals surface area contributed by atoms with E-state index in [1.165, 1.54) is 21.9 Å². The van der Waals surface area contributed by atoms with Crippen molar-refractivity contribution in [3.63, 3.8) is 0 Å². The van der Waals surface area contributed by atoms with E-state index >= 15 is 0 Å². The summed E-state index contributed by atoms with van der Waals surface area (Å²) in [5, 5.41) is 3.57. The molecule has 50 heavy (non-hydrogen) atoms. The molecule has 1 heterocycles. The maximum Gasteiger partial charge on any atom is 0.143 e. The van der Waals surface area contributed by atoms with Crippen molar-refractivity contribution < 1.29 is 4.42 Å². The van der Waals surface area contributed by atoms with Gasteiger partial charge in [0, 0.05) is 33.3 Å². The Kier molecular flexibility index (Phi) is 7.53. The van der Waals surface area contributed by atoms with Crippen LogP contribution in [-0.4, -0.2) is 0 Å². The molecule has 0 atom stereocenters. The number of para-hydroxylation sites is 2. The van der Waals surface area contributed by atoms with Gasteiger partial charge < -0.3 is 9.32 Å². The molecule has 236 valence electrons. The van der Waals surface area contributed by atoms with E-state index in [1.54, 1.807) is 0 Å². The highest BCUT2D eigenvalue weighted by atomic mass is 16.3. The molecular weight excluding hydrogens is 607 g/mol. The van der Waals surface area contributed by atoms with Crippen LogP contribution >= 0.6 is 0 Å². The highest BCUT2D eigenvalue weighted by Crippen LogP contribution is 2.42. The fraction of sp³-hybridized carbons (Fsp3) is 0. The molecule has 2 nitrogen and oxygen atoms in total. The molecule has 0 saturated carbocycles. The van der Waals surface area contributed by atoms with Crippen LogP contribution in [0, 0.1) is 0 Å². The summed E-state index contributed by atoms with van der Waals surface area (Å²) in [5.74, 6) is 0.893. The molecule has 2 heteroatoms. The zero-order valence-electron chi connectivity index (χ0n) is 27.4. The third-order valence-electron chi connectivity index (χ3n) is 9.48. The van der Waals surface area contributed by atoms with E-state index in [9.17, 15) is 0 Å². The monoisotopic (exact) mass is 639 g/mol. The maximum absolute atomic E-state index is 6.51. The van der Waals surface area contributed by atoms with Gasteiger partial charge in [-0.05, 0) is 75.7 Å². The summed E-state index contributed by atoms with van der Waals surface area (Å²) in [4.78, 5) is 2.34. The Morgan fingerprint density at radius 3 is 1.62 bits per heavy atom. The molecular formula is C48H33NO. The smallest absolute Gasteiger partial charge is 0.143 e. The molecule has 0 bridgehead atoms. The third-order valence-corrected chi connectivity index (χ3v) is 9.48. The van der Waals surface area contributed by atoms with E-state index in [0.717, 1.165) is 61.6 Å². The predicted molar refractivity (Wildman–Crippen MR) is 210 cm³/mol. The van der Waals surface area contributed by atoms with E-state index in [4.69, 9.17) is 4.42 Å². The second kappa shape index (κ2) is 12.8. The van der Waals surface area contributed by atoms with Gasteiger partial charge in [-0.1, -0.05) is 158 Å². The molecule has 0 radical (unpaired) electrons. The average molecular weight is 640 g/mol. The average Bonchev–Trinajstić information content (AvgIpc) is 3.59. The molecule has 0 aliphatic rings. The number of anilines is 3. The van der Waals surface area contributed by atoms with Crippen molar-refractivity contribution in [2.45, 2.75) is 0 Å². The van der Waals surface area contributed by atoms with Crippen molar-refractivity contribution in [2.75, 3.05) is 4.90 Å². The summed E-state index contributed by atoms with van der Waals surface area (Å²) in [6.45, 7) is 0. The lowest BCUT2D eigenvalue weighted by atomic mass is 9.95. The Bertz CT molecular complexity index is 2560. The molecule has 0 saturated heterocycles. The van der Waals surface area contributed by atoms with Gasteiger partial charge in [0.25, 0.3) is 0 Å². The van der Waals surface area contributed by atoms with Gasteiger partial charge in [-0.15, -0.1) is 0 Å². The zero-order chi connectivity index (χ0) is 33.3. The van der Waals surface area contributed by atoms with Crippen LogP contribution in [0.25, 0.3) is 66.4 Å². The van der Waals surface area contributed by atoms with Gasteiger partial charge in [-0.3, -0.25) is 0 Å². The number of nitrogens with zero attached hydrogens (tertiary/aromatic N) is 1. The number of rotatable bonds is 7. The number of hydrogen-bond donors (Lipinski definition) is 0. The minimum atomic E-state index is 0.893. The largest absolute Gasteiger partial charge is 0.455 e. The molecule has 0 unspecified atom stereocenters. The Hall–Kier alpha value is -6.64. The van der Waals surface area contributed by atoms with E-state index in [0.29, 0.717) is 0 Å². The summed E-state index contributed by atoms with van der Waals surface area (Å²) >= 11 is 0. The van der Waals surface area contributed by atoms with Gasteiger partial charge in [0.2, 0.25) is 0 Å². The topological polar surface area (TPSA) is 16.4 Å². The summed E-state index contributed by atoms with van der Waals surface area (Å²) < 4.78 is 6.51. The summed E-state index contributed by atoms with van der Waals surface area (Å²) in [7, 11) is 0. The highest BCUT2D eigenvalue weighted by molar-refractivity contribution is 6.02. The van der Waals surface area contributed by atoms with Crippen molar-refractivity contribution >= 4 is 38.8 Å². The van der Waals surface area contributed by atoms with Gasteiger partial charge in [0.05, 0.1) is 5.69 Å². The molecule has 1 aromatic heterocycles. The van der Waals surface area contributed by atoms with E-state index in [-0.39, 0.29) is 0 Å². The third kappa shape index (κ3) is 5.43. The number of furan rings is 1. The molecule has 0 spiro atoms. The number of benzene rings is 8. The fourth-order valence-corrected chi connectivity index (χ4v) is 7.05. The minimum Gasteiger partial charge on any atom is -0.455 e. The molecule has 9 rings (SSSR count). The Morgan fingerprint density at radius 2 is 0.860 bits per heavy atom. The van der Waals surface area contributed by atoms with Crippen molar-refractivity contribution in [1.82, 2.24) is 0 Å². The van der Waals surface area contributed by atoms with Crippen LogP contribution in [-0.2, 0) is 0 Å². The second-order valence-electron chi connectivity index (χ2n) is 12.5. The molecule has 8 aromatic carbocycles. The quantitative estimate of drug-likeness (QED) is 0.173. The summed E-state index contributed by atoms with van der Waals surface area (Å²) in [6, 6.07) is 70.9. The Morgan fingerprint density at radius 1 is 0.340 bits per heavy atom. The first kappa shape index (κ1) is 29.5. The summed E-state index contributed by atoms with van der Waals surface area (Å²) in [6.07, 6.45) is 0. The van der Waals surface area contributed by atoms with Crippen LogP contribution in [0.4, 0.5) is 17.1 Å². The van der Waals surface area contributed by atoms with Crippen LogP contribution in [0.5, 0.6) is 0 Å². The molecule has 0 N–H and O–H groups in total. The normalized spacial score (nSPS) is 11.2. The highest BCUT2D eigenvalue weighted by Gasteiger charge is 2.18. The van der Waals surface area contributed by atoms with Crippen LogP contribution < -0.4 is 4.90 Å². The lowest BCUT2D eigenvalue weighted by Gasteiger charge is -2.27. The molecule has 0 fully saturated rings. The van der Waals surface area contributed by atoms with Gasteiger partial charge in [0.1, 0.15) is 11.3 Å². The first-order valence-corrected chi connectivity index (χ1v) is 17.0. The van der Waals surface area contributed by atoms with Gasteiger partial charge in [-0.2, -0.15) is 0 Å². The van der Waals surface area contributed by atoms with Crippen molar-refractivity contribution in [2.24, 2.45) is 0 Å². The van der Waals surface area contributed by atoms with E-state index < -0.39 is 0 Å². The minimum absolute atomic E-state index is 0.893. The van der Waals surface area contributed by atoms with Crippen molar-refractivity contribution in [1.29, 1.82) is 0 Å². The number of fused-ring (bicyclic) bond motifs is 2. The fourth-order valence-electron chi connectivity index (χ4n) is 7.05. The van der Waals surface area contributed by atoms with Crippen LogP contribution in [0.1, 0.15) is 0 Å². The SMILES string of the molecule is c1ccc(-c2c(-c3cccc(-c4ccc(-c5ccc(N(c6ccccc6)c6cccc7ccccc67)cc5)cc4)c3)oc3ccccc23)cc1. The van der Waals surface area contributed by atoms with Crippen molar-refractivity contribution in [3.8, 4) is 44.7 Å². The lowest BCUT2D eigenvalue weighted by molar-refractivity contribution is 0.632. The van der Waals surface area contributed by atoms with Crippen LogP contribution in [0.2, 0.25) is 0 Å². The standard InChI is InChI=1S/C48H33NO/c1-3-14-38(15-4-1)47-44-22-9-10-24-46(44)50-48(47)40-18-11-17-39(33-40)36-27-25-34(26-28-36)35-29-31-42(32-30-35)49(41-19-5-2-6-20-41)45-23-12-16-37-13-7-8-21-43(37)45/h1-33H. The molecule has 0 aliphatic carbocycles. The number of hydrogen-bond acceptors (Lipinski definition) is 2. The predicted octanol–water partition coefficient (Wildman–Crippen LogP) is 13.7. The first-order chi connectivity index (χ1) is 24.8. The molecule has 0 amide bonds. The lowest BCUT2D eigenvalue weighted by Crippen LogP contribution is -2.10. The van der Waals surface area contributed by atoms with Gasteiger partial charge in [-0.25, -0.2) is 0 Å². The first-order valence-electron chi connectivity index (χ1n) is 17.0. The maximum atomic E-state index is 6.51. The Balaban J connectivity index is 1.03. The Labute approximate surface area is 292 Å². The van der Waals surface area contributed by atoms with Crippen LogP contribution in [0.15, 0.2) is 205 Å². The van der Waals surface area contributed by atoms with E-state index in [2.05, 4.69) is 193 Å². The van der Waals surface area contributed by atoms with Crippen LogP contribution in [0.3, 0.4) is 0 Å². The molecule has 0 aliphatic heterocycles. The van der Waals surface area contributed by atoms with Gasteiger partial charge >= 0.3 is 0 Å². The molecule has 9 aromatic rings. The van der Waals surface area contributed by atoms with Crippen molar-refractivity contribution in [3.05, 3.63) is 200 Å². The summed E-state index contributed by atoms with van der Waals surface area (Å²) in [5.41, 5.74) is 12.3. The second-order valence-corrected chi connectivity index (χ2v) is 12.5. The zero-order valence-corrected chi connectivity index (χ0v) is 27.4.